The van der Waals surface area contributed by atoms with Gasteiger partial charge < -0.3 is 0 Å². The Labute approximate surface area is 142 Å². The molecule has 0 spiro atoms. The highest BCUT2D eigenvalue weighted by Gasteiger charge is 2.28. The van der Waals surface area contributed by atoms with Crippen molar-refractivity contribution in [1.82, 2.24) is 0 Å². The van der Waals surface area contributed by atoms with Gasteiger partial charge in [0.05, 0.1) is 17.3 Å². The third-order valence-corrected chi connectivity index (χ3v) is 4.93. The van der Waals surface area contributed by atoms with Crippen molar-refractivity contribution in [3.63, 3.8) is 0 Å². The van der Waals surface area contributed by atoms with E-state index < -0.39 is 0 Å². The summed E-state index contributed by atoms with van der Waals surface area (Å²) in [6, 6.07) is 12.9. The molecule has 3 rings (SSSR count). The summed E-state index contributed by atoms with van der Waals surface area (Å²) in [5.41, 5.74) is 1.94. The van der Waals surface area contributed by atoms with Crippen molar-refractivity contribution in [2.24, 2.45) is 0 Å². The van der Waals surface area contributed by atoms with Gasteiger partial charge in [0.15, 0.2) is 5.78 Å². The van der Waals surface area contributed by atoms with E-state index in [1.165, 1.54) is 0 Å². The van der Waals surface area contributed by atoms with E-state index in [-0.39, 0.29) is 23.5 Å². The average molecular weight is 352 g/mol. The Morgan fingerprint density at radius 2 is 1.68 bits per heavy atom. The van der Waals surface area contributed by atoms with Crippen molar-refractivity contribution in [3.8, 4) is 0 Å². The van der Waals surface area contributed by atoms with E-state index in [4.69, 9.17) is 23.2 Å². The van der Waals surface area contributed by atoms with Crippen LogP contribution in [0, 0.1) is 0 Å². The molecule has 6 heteroatoms. The molecule has 1 aliphatic rings. The van der Waals surface area contributed by atoms with Crippen LogP contribution in [-0.2, 0) is 4.79 Å². The molecule has 112 valence electrons. The van der Waals surface area contributed by atoms with Gasteiger partial charge in [-0.05, 0) is 24.3 Å². The summed E-state index contributed by atoms with van der Waals surface area (Å²) in [4.78, 5) is 27.6. The number of hydrogen-bond acceptors (Lipinski definition) is 3. The van der Waals surface area contributed by atoms with Crippen molar-refractivity contribution in [1.29, 1.82) is 0 Å². The molecule has 0 bridgehead atoms. The predicted molar refractivity (Wildman–Crippen MR) is 89.9 cm³/mol. The minimum atomic E-state index is -0.230. The maximum atomic E-state index is 12.3. The van der Waals surface area contributed by atoms with Gasteiger partial charge in [-0.25, -0.2) is 0 Å². The van der Waals surface area contributed by atoms with E-state index in [0.29, 0.717) is 11.3 Å². The van der Waals surface area contributed by atoms with Crippen molar-refractivity contribution in [3.05, 3.63) is 48.0 Å². The number of para-hydroxylation sites is 1. The van der Waals surface area contributed by atoms with Crippen LogP contribution >= 0.6 is 35.0 Å². The molecular formula is C16H11Cl2NO2S. The quantitative estimate of drug-likeness (QED) is 0.604. The zero-order valence-electron chi connectivity index (χ0n) is 11.4. The minimum Gasteiger partial charge on any atom is -0.293 e. The van der Waals surface area contributed by atoms with Crippen LogP contribution in [0.15, 0.2) is 52.3 Å². The number of Topliss-reactive ketones (excluding diaryl/α,β-unsaturated/α-hetero) is 1. The van der Waals surface area contributed by atoms with Gasteiger partial charge in [0, 0.05) is 15.4 Å². The van der Waals surface area contributed by atoms with Crippen molar-refractivity contribution >= 4 is 58.0 Å². The molecule has 2 aromatic carbocycles. The summed E-state index contributed by atoms with van der Waals surface area (Å²) < 4.78 is 0. The molecule has 1 aliphatic heterocycles. The lowest BCUT2D eigenvalue weighted by atomic mass is 10.1. The van der Waals surface area contributed by atoms with E-state index >= 15 is 0 Å². The first-order chi connectivity index (χ1) is 10.7. The minimum absolute atomic E-state index is 0.0913. The van der Waals surface area contributed by atoms with Crippen molar-refractivity contribution in [2.75, 3.05) is 16.7 Å². The number of alkyl halides is 2. The number of amides is 1. The number of ketones is 1. The van der Waals surface area contributed by atoms with Gasteiger partial charge in [-0.2, -0.15) is 0 Å². The first-order valence-electron chi connectivity index (χ1n) is 6.54. The second kappa shape index (κ2) is 6.32. The van der Waals surface area contributed by atoms with Crippen molar-refractivity contribution in [2.45, 2.75) is 9.79 Å². The average Bonchev–Trinajstić information content (AvgIpc) is 2.57. The molecule has 0 aromatic heterocycles. The monoisotopic (exact) mass is 351 g/mol. The van der Waals surface area contributed by atoms with Crippen LogP contribution in [0.3, 0.4) is 0 Å². The number of nitrogens with zero attached hydrogens (tertiary/aromatic N) is 1. The number of fused-ring (bicyclic) bond motifs is 2. The summed E-state index contributed by atoms with van der Waals surface area (Å²) >= 11 is 12.9. The lowest BCUT2D eigenvalue weighted by Crippen LogP contribution is -2.29. The highest BCUT2D eigenvalue weighted by atomic mass is 35.5. The van der Waals surface area contributed by atoms with Gasteiger partial charge in [-0.3, -0.25) is 14.5 Å². The number of hydrogen-bond donors (Lipinski definition) is 0. The first-order valence-corrected chi connectivity index (χ1v) is 8.43. The summed E-state index contributed by atoms with van der Waals surface area (Å²) in [7, 11) is 0. The zero-order valence-corrected chi connectivity index (χ0v) is 13.7. The molecule has 3 nitrogen and oxygen atoms in total. The Morgan fingerprint density at radius 1 is 0.955 bits per heavy atom. The summed E-state index contributed by atoms with van der Waals surface area (Å²) in [5, 5.41) is 0. The van der Waals surface area contributed by atoms with E-state index in [1.54, 1.807) is 28.8 Å². The lowest BCUT2D eigenvalue weighted by molar-refractivity contribution is -0.115. The molecule has 0 fully saturated rings. The van der Waals surface area contributed by atoms with Crippen LogP contribution in [0.5, 0.6) is 0 Å². The number of carbonyl (C=O) groups is 2. The normalized spacial score (nSPS) is 12.5. The molecule has 0 saturated carbocycles. The zero-order chi connectivity index (χ0) is 15.7. The number of rotatable bonds is 3. The van der Waals surface area contributed by atoms with Crippen LogP contribution < -0.4 is 4.90 Å². The first kappa shape index (κ1) is 15.4. The molecule has 1 amide bonds. The third-order valence-electron chi connectivity index (χ3n) is 3.33. The molecule has 0 aliphatic carbocycles. The molecule has 0 radical (unpaired) electrons. The number of halogens is 2. The predicted octanol–water partition coefficient (Wildman–Crippen LogP) is 4.48. The number of anilines is 2. The van der Waals surface area contributed by atoms with Gasteiger partial charge in [0.1, 0.15) is 5.88 Å². The Kier molecular flexibility index (Phi) is 4.43. The maximum Gasteiger partial charge on any atom is 0.246 e. The Morgan fingerprint density at radius 3 is 2.41 bits per heavy atom. The fourth-order valence-corrected chi connectivity index (χ4v) is 3.65. The third kappa shape index (κ3) is 2.62. The molecule has 22 heavy (non-hydrogen) atoms. The van der Waals surface area contributed by atoms with Crippen molar-refractivity contribution < 1.29 is 9.59 Å². The van der Waals surface area contributed by atoms with E-state index in [0.717, 1.165) is 15.5 Å². The van der Waals surface area contributed by atoms with Gasteiger partial charge in [0.2, 0.25) is 5.91 Å². The summed E-state index contributed by atoms with van der Waals surface area (Å²) in [5.74, 6) is -0.629. The SMILES string of the molecule is O=C(CCl)c1ccc2c(c1)N(C(=O)CCl)c1ccccc1S2. The fraction of sp³-hybridized carbons (Fsp3) is 0.125. The van der Waals surface area contributed by atoms with E-state index in [2.05, 4.69) is 0 Å². The highest BCUT2D eigenvalue weighted by Crippen LogP contribution is 2.48. The molecule has 0 saturated heterocycles. The van der Waals surface area contributed by atoms with Gasteiger partial charge in [-0.1, -0.05) is 30.0 Å². The fourth-order valence-electron chi connectivity index (χ4n) is 2.33. The van der Waals surface area contributed by atoms with Crippen LogP contribution in [-0.4, -0.2) is 23.5 Å². The topological polar surface area (TPSA) is 37.4 Å². The van der Waals surface area contributed by atoms with Gasteiger partial charge in [-0.15, -0.1) is 23.2 Å². The second-order valence-corrected chi connectivity index (χ2v) is 6.29. The molecule has 0 unspecified atom stereocenters. The lowest BCUT2D eigenvalue weighted by Gasteiger charge is -2.31. The Bertz CT molecular complexity index is 764. The molecule has 1 heterocycles. The number of carbonyl (C=O) groups excluding carboxylic acids is 2. The second-order valence-electron chi connectivity index (χ2n) is 4.67. The molecular weight excluding hydrogens is 341 g/mol. The van der Waals surface area contributed by atoms with Gasteiger partial charge >= 0.3 is 0 Å². The largest absolute Gasteiger partial charge is 0.293 e. The van der Waals surface area contributed by atoms with Gasteiger partial charge in [0.25, 0.3) is 0 Å². The molecule has 2 aromatic rings. The maximum absolute atomic E-state index is 12.3. The Balaban J connectivity index is 2.17. The molecule has 0 N–H and O–H groups in total. The van der Waals surface area contributed by atoms with Crippen LogP contribution in [0.1, 0.15) is 10.4 Å². The standard InChI is InChI=1S/C16H11Cl2NO2S/c17-8-13(20)10-5-6-15-12(7-10)19(16(21)9-18)11-3-1-2-4-14(11)22-15/h1-7H,8-9H2. The molecule has 0 atom stereocenters. The number of benzene rings is 2. The van der Waals surface area contributed by atoms with E-state index in [1.807, 2.05) is 30.3 Å². The smallest absolute Gasteiger partial charge is 0.246 e. The summed E-state index contributed by atoms with van der Waals surface area (Å²) in [6.07, 6.45) is 0. The highest BCUT2D eigenvalue weighted by molar-refractivity contribution is 7.99. The summed E-state index contributed by atoms with van der Waals surface area (Å²) in [6.45, 7) is 0. The Hall–Kier alpha value is -1.49. The van der Waals surface area contributed by atoms with Crippen LogP contribution in [0.2, 0.25) is 0 Å². The van der Waals surface area contributed by atoms with Crippen LogP contribution in [0.25, 0.3) is 0 Å². The van der Waals surface area contributed by atoms with E-state index in [9.17, 15) is 9.59 Å². The van der Waals surface area contributed by atoms with Crippen LogP contribution in [0.4, 0.5) is 11.4 Å².